The second kappa shape index (κ2) is 7.34. The first-order valence-corrected chi connectivity index (χ1v) is 10.2. The Morgan fingerprint density at radius 1 is 1.00 bits per heavy atom. The van der Waals surface area contributed by atoms with E-state index in [9.17, 15) is 4.79 Å². The van der Waals surface area contributed by atoms with E-state index in [0.29, 0.717) is 24.2 Å². The molecule has 0 bridgehead atoms. The first-order valence-electron chi connectivity index (χ1n) is 10.2. The quantitative estimate of drug-likeness (QED) is 0.477. The van der Waals surface area contributed by atoms with Crippen LogP contribution in [0.4, 0.5) is 11.5 Å². The Labute approximate surface area is 175 Å². The molecule has 30 heavy (non-hydrogen) atoms. The fraction of sp³-hybridized carbons (Fsp3) is 0.200. The van der Waals surface area contributed by atoms with E-state index in [-0.39, 0.29) is 11.7 Å². The summed E-state index contributed by atoms with van der Waals surface area (Å²) in [7, 11) is 0. The third kappa shape index (κ3) is 3.32. The molecule has 2 aromatic heterocycles. The van der Waals surface area contributed by atoms with Gasteiger partial charge in [0.25, 0.3) is 0 Å². The maximum Gasteiger partial charge on any atom is 0.169 e. The second-order valence-corrected chi connectivity index (χ2v) is 7.96. The smallest absolute Gasteiger partial charge is 0.169 e. The molecule has 0 spiro atoms. The summed E-state index contributed by atoms with van der Waals surface area (Å²) in [5.41, 5.74) is 5.81. The number of hydrogen-bond acceptors (Lipinski definition) is 4. The second-order valence-electron chi connectivity index (χ2n) is 7.96. The van der Waals surface area contributed by atoms with Crippen LogP contribution in [0, 0.1) is 13.8 Å². The molecule has 1 aliphatic rings. The maximum absolute atomic E-state index is 13.2. The number of aryl methyl sites for hydroxylation is 2. The molecule has 0 aliphatic heterocycles. The fourth-order valence-corrected chi connectivity index (χ4v) is 4.34. The van der Waals surface area contributed by atoms with Crippen LogP contribution in [0.5, 0.6) is 0 Å². The van der Waals surface area contributed by atoms with E-state index in [2.05, 4.69) is 37.4 Å². The predicted molar refractivity (Wildman–Crippen MR) is 117 cm³/mol. The number of carbonyl (C=O) groups is 1. The van der Waals surface area contributed by atoms with Gasteiger partial charge >= 0.3 is 0 Å². The third-order valence-electron chi connectivity index (χ3n) is 5.56. The monoisotopic (exact) mass is 397 g/mol. The number of Topliss-reactive ketones (excluding diaryl/α,β-unsaturated/α-hetero) is 1. The van der Waals surface area contributed by atoms with Crippen LogP contribution in [0.1, 0.15) is 45.3 Å². The molecule has 1 N–H and O–H groups in total. The van der Waals surface area contributed by atoms with Crippen LogP contribution < -0.4 is 5.32 Å². The molecular formula is C25H23N3O2. The molecule has 0 radical (unpaired) electrons. The number of benzene rings is 2. The molecule has 150 valence electrons. The zero-order valence-corrected chi connectivity index (χ0v) is 17.1. The van der Waals surface area contributed by atoms with Gasteiger partial charge in [-0.3, -0.25) is 4.79 Å². The largest absolute Gasteiger partial charge is 0.469 e. The molecule has 0 unspecified atom stereocenters. The average Bonchev–Trinajstić information content (AvgIpc) is 3.37. The van der Waals surface area contributed by atoms with Crippen molar-refractivity contribution in [3.63, 3.8) is 0 Å². The van der Waals surface area contributed by atoms with Gasteiger partial charge in [-0.2, -0.15) is 0 Å². The van der Waals surface area contributed by atoms with Crippen molar-refractivity contribution in [2.75, 3.05) is 5.32 Å². The van der Waals surface area contributed by atoms with Crippen LogP contribution >= 0.6 is 0 Å². The van der Waals surface area contributed by atoms with Gasteiger partial charge in [0.15, 0.2) is 11.6 Å². The number of nitrogens with zero attached hydrogens (tertiary/aromatic N) is 2. The van der Waals surface area contributed by atoms with Gasteiger partial charge < -0.3 is 9.73 Å². The summed E-state index contributed by atoms with van der Waals surface area (Å²) in [5.74, 6) is 1.57. The normalized spacial score (nSPS) is 15.8. The Morgan fingerprint density at radius 2 is 1.77 bits per heavy atom. The van der Waals surface area contributed by atoms with E-state index in [4.69, 9.17) is 9.52 Å². The van der Waals surface area contributed by atoms with Crippen molar-refractivity contribution in [3.05, 3.63) is 95.1 Å². The molecule has 0 saturated carbocycles. The number of fused-ring (bicyclic) bond motifs is 1. The number of aromatic nitrogens is 2. The Kier molecular flexibility index (Phi) is 4.51. The van der Waals surface area contributed by atoms with Crippen LogP contribution in [0.2, 0.25) is 0 Å². The molecule has 0 saturated heterocycles. The van der Waals surface area contributed by atoms with Gasteiger partial charge in [-0.05, 0) is 61.4 Å². The van der Waals surface area contributed by atoms with Crippen LogP contribution in [-0.4, -0.2) is 15.6 Å². The summed E-state index contributed by atoms with van der Waals surface area (Å²) in [6.07, 6.45) is 2.78. The van der Waals surface area contributed by atoms with Gasteiger partial charge in [0.2, 0.25) is 0 Å². The average molecular weight is 397 g/mol. The van der Waals surface area contributed by atoms with Gasteiger partial charge in [0, 0.05) is 24.4 Å². The Morgan fingerprint density at radius 3 is 2.47 bits per heavy atom. The zero-order chi connectivity index (χ0) is 20.7. The van der Waals surface area contributed by atoms with Gasteiger partial charge in [-0.25, -0.2) is 4.68 Å². The highest BCUT2D eigenvalue weighted by atomic mass is 16.3. The van der Waals surface area contributed by atoms with Crippen molar-refractivity contribution in [1.29, 1.82) is 0 Å². The van der Waals surface area contributed by atoms with E-state index in [1.165, 1.54) is 0 Å². The van der Waals surface area contributed by atoms with E-state index in [1.54, 1.807) is 6.26 Å². The number of anilines is 2. The highest BCUT2D eigenvalue weighted by Crippen LogP contribution is 2.38. The Hall–Kier alpha value is -3.60. The molecular weight excluding hydrogens is 374 g/mol. The van der Waals surface area contributed by atoms with Crippen LogP contribution in [-0.2, 0) is 6.42 Å². The minimum Gasteiger partial charge on any atom is -0.469 e. The van der Waals surface area contributed by atoms with Crippen molar-refractivity contribution in [3.8, 4) is 5.69 Å². The summed E-state index contributed by atoms with van der Waals surface area (Å²) in [6, 6.07) is 20.0. The SMILES string of the molecule is Cc1cc(C)cc(Nc2nn(-c3ccccc3)c3c2C(=O)C[C@H](c2ccco2)C3)c1. The van der Waals surface area contributed by atoms with E-state index < -0.39 is 0 Å². The summed E-state index contributed by atoms with van der Waals surface area (Å²) >= 11 is 0. The fourth-order valence-electron chi connectivity index (χ4n) is 4.34. The van der Waals surface area contributed by atoms with Crippen molar-refractivity contribution in [2.24, 2.45) is 0 Å². The molecule has 1 atom stereocenters. The molecule has 1 aliphatic carbocycles. The van der Waals surface area contributed by atoms with E-state index >= 15 is 0 Å². The number of rotatable bonds is 4. The van der Waals surface area contributed by atoms with Crippen LogP contribution in [0.15, 0.2) is 71.3 Å². The molecule has 0 fully saturated rings. The number of nitrogens with one attached hydrogen (secondary N) is 1. The molecule has 2 heterocycles. The van der Waals surface area contributed by atoms with Gasteiger partial charge in [0.1, 0.15) is 5.76 Å². The summed E-state index contributed by atoms with van der Waals surface area (Å²) in [4.78, 5) is 13.2. The van der Waals surface area contributed by atoms with E-state index in [1.807, 2.05) is 47.1 Å². The standard InChI is InChI=1S/C25H23N3O2/c1-16-11-17(2)13-19(12-16)26-25-24-21(28(27-25)20-7-4-3-5-8-20)14-18(15-22(24)29)23-9-6-10-30-23/h3-13,18H,14-15H2,1-2H3,(H,26,27)/t18-/m1/s1. The van der Waals surface area contributed by atoms with Gasteiger partial charge in [-0.1, -0.05) is 24.3 Å². The van der Waals surface area contributed by atoms with Gasteiger partial charge in [-0.15, -0.1) is 5.10 Å². The van der Waals surface area contributed by atoms with Crippen molar-refractivity contribution < 1.29 is 9.21 Å². The Balaban J connectivity index is 1.62. The molecule has 0 amide bonds. The van der Waals surface area contributed by atoms with Crippen LogP contribution in [0.25, 0.3) is 5.69 Å². The number of furan rings is 1. The highest BCUT2D eigenvalue weighted by molar-refractivity contribution is 6.03. The topological polar surface area (TPSA) is 60.1 Å². The van der Waals surface area contributed by atoms with Crippen LogP contribution in [0.3, 0.4) is 0 Å². The highest BCUT2D eigenvalue weighted by Gasteiger charge is 2.34. The van der Waals surface area contributed by atoms with Crippen molar-refractivity contribution in [1.82, 2.24) is 9.78 Å². The number of ketones is 1. The predicted octanol–water partition coefficient (Wildman–Crippen LogP) is 5.74. The maximum atomic E-state index is 13.2. The lowest BCUT2D eigenvalue weighted by atomic mass is 9.85. The molecule has 5 heteroatoms. The minimum atomic E-state index is 0.0215. The molecule has 4 aromatic rings. The first-order chi connectivity index (χ1) is 14.6. The summed E-state index contributed by atoms with van der Waals surface area (Å²) in [5, 5.41) is 8.24. The number of para-hydroxylation sites is 1. The summed E-state index contributed by atoms with van der Waals surface area (Å²) < 4.78 is 7.51. The number of carbonyl (C=O) groups excluding carboxylic acids is 1. The zero-order valence-electron chi connectivity index (χ0n) is 17.1. The summed E-state index contributed by atoms with van der Waals surface area (Å²) in [6.45, 7) is 4.13. The van der Waals surface area contributed by atoms with E-state index in [0.717, 1.165) is 34.0 Å². The van der Waals surface area contributed by atoms with Gasteiger partial charge in [0.05, 0.1) is 23.2 Å². The lowest BCUT2D eigenvalue weighted by molar-refractivity contribution is 0.0960. The minimum absolute atomic E-state index is 0.0215. The lowest BCUT2D eigenvalue weighted by Crippen LogP contribution is -2.20. The first kappa shape index (κ1) is 18.4. The lowest BCUT2D eigenvalue weighted by Gasteiger charge is -2.21. The number of hydrogen-bond donors (Lipinski definition) is 1. The molecule has 5 nitrogen and oxygen atoms in total. The van der Waals surface area contributed by atoms with Crippen molar-refractivity contribution >= 4 is 17.3 Å². The molecule has 2 aromatic carbocycles. The third-order valence-corrected chi connectivity index (χ3v) is 5.56. The molecule has 5 rings (SSSR count). The van der Waals surface area contributed by atoms with Crippen molar-refractivity contribution in [2.45, 2.75) is 32.6 Å². The Bertz CT molecular complexity index is 1190.